The molecule has 1 unspecified atom stereocenters. The molecule has 0 radical (unpaired) electrons. The van der Waals surface area contributed by atoms with Gasteiger partial charge in [-0.15, -0.1) is 22.7 Å². The molecule has 1 aliphatic carbocycles. The Morgan fingerprint density at radius 2 is 2.25 bits per heavy atom. The zero-order valence-electron chi connectivity index (χ0n) is 15.5. The fourth-order valence-corrected chi connectivity index (χ4v) is 5.68. The first kappa shape index (κ1) is 18.8. The van der Waals surface area contributed by atoms with Gasteiger partial charge in [0.2, 0.25) is 5.91 Å². The van der Waals surface area contributed by atoms with Gasteiger partial charge >= 0.3 is 5.97 Å². The van der Waals surface area contributed by atoms with E-state index in [4.69, 9.17) is 4.74 Å². The summed E-state index contributed by atoms with van der Waals surface area (Å²) in [7, 11) is 1.34. The van der Waals surface area contributed by atoms with Gasteiger partial charge in [0.15, 0.2) is 0 Å². The van der Waals surface area contributed by atoms with Crippen LogP contribution in [0.4, 0.5) is 5.00 Å². The molecule has 0 bridgehead atoms. The van der Waals surface area contributed by atoms with Gasteiger partial charge in [0.1, 0.15) is 16.2 Å². The van der Waals surface area contributed by atoms with E-state index in [0.717, 1.165) is 29.7 Å². The van der Waals surface area contributed by atoms with Gasteiger partial charge in [0, 0.05) is 4.88 Å². The van der Waals surface area contributed by atoms with Gasteiger partial charge in [0.25, 0.3) is 5.56 Å². The number of aromatic nitrogens is 2. The highest BCUT2D eigenvalue weighted by Crippen LogP contribution is 2.40. The number of ether oxygens (including phenoxy) is 1. The highest BCUT2D eigenvalue weighted by molar-refractivity contribution is 7.17. The Bertz CT molecular complexity index is 1130. The number of rotatable bonds is 4. The van der Waals surface area contributed by atoms with E-state index in [2.05, 4.69) is 17.2 Å². The maximum Gasteiger partial charge on any atom is 0.341 e. The first-order chi connectivity index (χ1) is 13.5. The minimum Gasteiger partial charge on any atom is -0.465 e. The van der Waals surface area contributed by atoms with Gasteiger partial charge in [-0.2, -0.15) is 0 Å². The SMILES string of the molecule is COC(=O)c1c(NC(=O)Cn2cnc3ccsc3c2=O)sc2c1CCC(C)C2. The van der Waals surface area contributed by atoms with E-state index >= 15 is 0 Å². The molecular weight excluding hydrogens is 398 g/mol. The van der Waals surface area contributed by atoms with Crippen LogP contribution < -0.4 is 10.9 Å². The molecule has 3 heterocycles. The maximum atomic E-state index is 12.6. The number of carbonyl (C=O) groups is 2. The van der Waals surface area contributed by atoms with Crippen LogP contribution in [0.2, 0.25) is 0 Å². The molecular formula is C19H19N3O4S2. The Balaban J connectivity index is 1.61. The summed E-state index contributed by atoms with van der Waals surface area (Å²) in [6.45, 7) is 2.01. The average Bonchev–Trinajstić information content (AvgIpc) is 3.27. The molecule has 28 heavy (non-hydrogen) atoms. The quantitative estimate of drug-likeness (QED) is 0.659. The summed E-state index contributed by atoms with van der Waals surface area (Å²) in [4.78, 5) is 42.7. The predicted octanol–water partition coefficient (Wildman–Crippen LogP) is 3.07. The molecule has 1 N–H and O–H groups in total. The first-order valence-electron chi connectivity index (χ1n) is 8.93. The Hall–Kier alpha value is -2.52. The van der Waals surface area contributed by atoms with Crippen LogP contribution in [-0.2, 0) is 28.9 Å². The van der Waals surface area contributed by atoms with Crippen LogP contribution in [0.5, 0.6) is 0 Å². The number of carbonyl (C=O) groups excluding carboxylic acids is 2. The monoisotopic (exact) mass is 417 g/mol. The number of fused-ring (bicyclic) bond motifs is 2. The van der Waals surface area contributed by atoms with Gasteiger partial charge in [-0.3, -0.25) is 14.2 Å². The van der Waals surface area contributed by atoms with Crippen molar-refractivity contribution in [2.75, 3.05) is 12.4 Å². The normalized spacial score (nSPS) is 16.0. The summed E-state index contributed by atoms with van der Waals surface area (Å²) in [6, 6.07) is 1.77. The lowest BCUT2D eigenvalue weighted by Crippen LogP contribution is -2.27. The average molecular weight is 418 g/mol. The lowest BCUT2D eigenvalue weighted by Gasteiger charge is -2.18. The molecule has 0 fully saturated rings. The van der Waals surface area contributed by atoms with Crippen molar-refractivity contribution in [3.63, 3.8) is 0 Å². The Morgan fingerprint density at radius 1 is 1.43 bits per heavy atom. The third-order valence-corrected chi connectivity index (χ3v) is 6.97. The highest BCUT2D eigenvalue weighted by Gasteiger charge is 2.29. The summed E-state index contributed by atoms with van der Waals surface area (Å²) in [6.07, 6.45) is 4.06. The van der Waals surface area contributed by atoms with Crippen LogP contribution in [0.3, 0.4) is 0 Å². The summed E-state index contributed by atoms with van der Waals surface area (Å²) < 4.78 is 6.74. The third kappa shape index (κ3) is 3.35. The molecule has 0 aromatic carbocycles. The smallest absolute Gasteiger partial charge is 0.341 e. The van der Waals surface area contributed by atoms with E-state index in [1.165, 1.54) is 40.7 Å². The van der Waals surface area contributed by atoms with Crippen molar-refractivity contribution < 1.29 is 14.3 Å². The molecule has 0 saturated carbocycles. The second-order valence-electron chi connectivity index (χ2n) is 6.91. The second kappa shape index (κ2) is 7.48. The molecule has 7 nitrogen and oxygen atoms in total. The summed E-state index contributed by atoms with van der Waals surface area (Å²) >= 11 is 2.72. The van der Waals surface area contributed by atoms with E-state index in [9.17, 15) is 14.4 Å². The summed E-state index contributed by atoms with van der Waals surface area (Å²) in [5, 5.41) is 5.10. The van der Waals surface area contributed by atoms with Gasteiger partial charge in [-0.1, -0.05) is 6.92 Å². The van der Waals surface area contributed by atoms with Crippen LogP contribution in [-0.4, -0.2) is 28.5 Å². The van der Waals surface area contributed by atoms with E-state index < -0.39 is 5.97 Å². The number of amides is 1. The van der Waals surface area contributed by atoms with Crippen molar-refractivity contribution >= 4 is 49.8 Å². The van der Waals surface area contributed by atoms with Crippen molar-refractivity contribution in [1.82, 2.24) is 9.55 Å². The van der Waals surface area contributed by atoms with Crippen molar-refractivity contribution in [3.8, 4) is 0 Å². The van der Waals surface area contributed by atoms with Crippen LogP contribution in [0.1, 0.15) is 34.1 Å². The minimum atomic E-state index is -0.443. The van der Waals surface area contributed by atoms with Gasteiger partial charge in [-0.25, -0.2) is 9.78 Å². The molecule has 1 amide bonds. The van der Waals surface area contributed by atoms with E-state index in [1.807, 2.05) is 0 Å². The number of thiophene rings is 2. The molecule has 0 aliphatic heterocycles. The van der Waals surface area contributed by atoms with Crippen LogP contribution in [0.25, 0.3) is 10.2 Å². The van der Waals surface area contributed by atoms with Gasteiger partial charge in [-0.05, 0) is 42.2 Å². The number of methoxy groups -OCH3 is 1. The third-order valence-electron chi connectivity index (χ3n) is 4.90. The fourth-order valence-electron chi connectivity index (χ4n) is 3.47. The Kier molecular flexibility index (Phi) is 5.03. The van der Waals surface area contributed by atoms with Crippen molar-refractivity contribution in [2.45, 2.75) is 32.7 Å². The number of anilines is 1. The second-order valence-corrected chi connectivity index (χ2v) is 8.93. The molecule has 1 aliphatic rings. The lowest BCUT2D eigenvalue weighted by atomic mass is 9.88. The van der Waals surface area contributed by atoms with E-state index in [0.29, 0.717) is 26.7 Å². The molecule has 3 aromatic rings. The zero-order valence-corrected chi connectivity index (χ0v) is 17.1. The van der Waals surface area contributed by atoms with E-state index in [-0.39, 0.29) is 18.0 Å². The van der Waals surface area contributed by atoms with Crippen molar-refractivity contribution in [1.29, 1.82) is 0 Å². The molecule has 1 atom stereocenters. The Morgan fingerprint density at radius 3 is 3.04 bits per heavy atom. The molecule has 0 spiro atoms. The van der Waals surface area contributed by atoms with Crippen LogP contribution >= 0.6 is 22.7 Å². The van der Waals surface area contributed by atoms with Crippen LogP contribution in [0, 0.1) is 5.92 Å². The Labute approximate surface area is 169 Å². The molecule has 9 heteroatoms. The summed E-state index contributed by atoms with van der Waals surface area (Å²) in [5.41, 5.74) is 1.80. The minimum absolute atomic E-state index is 0.167. The van der Waals surface area contributed by atoms with Gasteiger partial charge < -0.3 is 10.1 Å². The maximum absolute atomic E-state index is 12.6. The summed E-state index contributed by atoms with van der Waals surface area (Å²) in [5.74, 6) is -0.278. The number of nitrogens with zero attached hydrogens (tertiary/aromatic N) is 2. The topological polar surface area (TPSA) is 90.3 Å². The van der Waals surface area contributed by atoms with Crippen molar-refractivity contribution in [3.05, 3.63) is 44.1 Å². The van der Waals surface area contributed by atoms with E-state index in [1.54, 1.807) is 11.4 Å². The molecule has 4 rings (SSSR count). The molecule has 3 aromatic heterocycles. The lowest BCUT2D eigenvalue weighted by molar-refractivity contribution is -0.116. The predicted molar refractivity (Wildman–Crippen MR) is 109 cm³/mol. The number of nitrogens with one attached hydrogen (secondary N) is 1. The van der Waals surface area contributed by atoms with Crippen LogP contribution in [0.15, 0.2) is 22.6 Å². The fraction of sp³-hybridized carbons (Fsp3) is 0.368. The highest BCUT2D eigenvalue weighted by atomic mass is 32.1. The zero-order chi connectivity index (χ0) is 19.8. The number of hydrogen-bond acceptors (Lipinski definition) is 7. The molecule has 146 valence electrons. The number of hydrogen-bond donors (Lipinski definition) is 1. The largest absolute Gasteiger partial charge is 0.465 e. The molecule has 0 saturated heterocycles. The first-order valence-corrected chi connectivity index (χ1v) is 10.6. The standard InChI is InChI=1S/C19H19N3O4S2/c1-10-3-4-11-13(7-10)28-17(15(11)19(25)26-2)21-14(23)8-22-9-20-12-5-6-27-16(12)18(22)24/h5-6,9-10H,3-4,7-8H2,1-2H3,(H,21,23). The van der Waals surface area contributed by atoms with Gasteiger partial charge in [0.05, 0.1) is 24.5 Å². The van der Waals surface area contributed by atoms with Crippen molar-refractivity contribution in [2.24, 2.45) is 5.92 Å². The number of esters is 1.